The van der Waals surface area contributed by atoms with Crippen molar-refractivity contribution in [3.05, 3.63) is 59.7 Å². The number of carbonyl (C=O) groups excluding carboxylic acids is 1. The van der Waals surface area contributed by atoms with E-state index < -0.39 is 24.6 Å². The number of carbonyl (C=O) groups is 1. The van der Waals surface area contributed by atoms with Crippen molar-refractivity contribution in [3.8, 4) is 5.75 Å². The van der Waals surface area contributed by atoms with Crippen LogP contribution in [0.4, 0.5) is 18.9 Å². The zero-order valence-electron chi connectivity index (χ0n) is 12.8. The van der Waals surface area contributed by atoms with Gasteiger partial charge in [0.1, 0.15) is 5.75 Å². The summed E-state index contributed by atoms with van der Waals surface area (Å²) in [6.07, 6.45) is -7.09. The van der Waals surface area contributed by atoms with E-state index in [4.69, 9.17) is 4.74 Å². The first kappa shape index (κ1) is 17.8. The van der Waals surface area contributed by atoms with E-state index in [-0.39, 0.29) is 16.8 Å². The van der Waals surface area contributed by atoms with E-state index in [9.17, 15) is 23.1 Å². The van der Waals surface area contributed by atoms with Crippen molar-refractivity contribution in [1.29, 1.82) is 0 Å². The largest absolute Gasteiger partial charge is 0.497 e. The normalized spacial score (nSPS) is 12.5. The third kappa shape index (κ3) is 4.73. The predicted octanol–water partition coefficient (Wildman–Crippen LogP) is 3.47. The number of para-hydroxylation sites is 1. The molecule has 0 saturated carbocycles. The van der Waals surface area contributed by atoms with Crippen LogP contribution in [-0.2, 0) is 11.2 Å². The fourth-order valence-corrected chi connectivity index (χ4v) is 2.18. The first-order chi connectivity index (χ1) is 11.3. The SMILES string of the molecule is COc1cccc(C(O)C(=O)Nc2ccccc2CC(F)(F)F)c1. The molecule has 2 N–H and O–H groups in total. The minimum absolute atomic E-state index is 0.0155. The van der Waals surface area contributed by atoms with Gasteiger partial charge in [0, 0.05) is 5.69 Å². The Kier molecular flexibility index (Phi) is 5.46. The summed E-state index contributed by atoms with van der Waals surface area (Å²) in [6.45, 7) is 0. The zero-order valence-corrected chi connectivity index (χ0v) is 12.8. The van der Waals surface area contributed by atoms with Gasteiger partial charge >= 0.3 is 6.18 Å². The number of anilines is 1. The van der Waals surface area contributed by atoms with Crippen LogP contribution in [0.15, 0.2) is 48.5 Å². The quantitative estimate of drug-likeness (QED) is 0.877. The maximum atomic E-state index is 12.6. The molecule has 2 aromatic carbocycles. The molecule has 1 atom stereocenters. The highest BCUT2D eigenvalue weighted by Crippen LogP contribution is 2.27. The molecule has 0 spiro atoms. The third-order valence-electron chi connectivity index (χ3n) is 3.32. The molecular weight excluding hydrogens is 323 g/mol. The molecule has 0 bridgehead atoms. The summed E-state index contributed by atoms with van der Waals surface area (Å²) < 4.78 is 42.8. The number of aliphatic hydroxyl groups is 1. The number of hydrogen-bond acceptors (Lipinski definition) is 3. The van der Waals surface area contributed by atoms with Crippen molar-refractivity contribution in [3.63, 3.8) is 0 Å². The lowest BCUT2D eigenvalue weighted by Crippen LogP contribution is -2.22. The van der Waals surface area contributed by atoms with E-state index in [0.29, 0.717) is 5.75 Å². The Morgan fingerprint density at radius 2 is 1.92 bits per heavy atom. The number of aliphatic hydroxyl groups excluding tert-OH is 1. The van der Waals surface area contributed by atoms with Crippen LogP contribution >= 0.6 is 0 Å². The van der Waals surface area contributed by atoms with Crippen molar-refractivity contribution in [2.24, 2.45) is 0 Å². The predicted molar refractivity (Wildman–Crippen MR) is 82.8 cm³/mol. The monoisotopic (exact) mass is 339 g/mol. The van der Waals surface area contributed by atoms with E-state index in [0.717, 1.165) is 0 Å². The molecule has 0 radical (unpaired) electrons. The van der Waals surface area contributed by atoms with E-state index in [2.05, 4.69) is 5.32 Å². The maximum Gasteiger partial charge on any atom is 0.393 e. The highest BCUT2D eigenvalue weighted by molar-refractivity contribution is 5.95. The minimum atomic E-state index is -4.40. The number of halogens is 3. The number of rotatable bonds is 5. The lowest BCUT2D eigenvalue weighted by atomic mass is 10.1. The van der Waals surface area contributed by atoms with Crippen molar-refractivity contribution in [2.75, 3.05) is 12.4 Å². The molecule has 0 aliphatic carbocycles. The van der Waals surface area contributed by atoms with Gasteiger partial charge in [-0.1, -0.05) is 30.3 Å². The minimum Gasteiger partial charge on any atom is -0.497 e. The highest BCUT2D eigenvalue weighted by Gasteiger charge is 2.29. The van der Waals surface area contributed by atoms with Crippen LogP contribution in [-0.4, -0.2) is 24.3 Å². The van der Waals surface area contributed by atoms with Crippen LogP contribution in [0.1, 0.15) is 17.2 Å². The van der Waals surface area contributed by atoms with Gasteiger partial charge in [-0.2, -0.15) is 13.2 Å². The molecule has 7 heteroatoms. The highest BCUT2D eigenvalue weighted by atomic mass is 19.4. The summed E-state index contributed by atoms with van der Waals surface area (Å²) in [5, 5.41) is 12.4. The molecular formula is C17H16F3NO3. The maximum absolute atomic E-state index is 12.6. The second-order valence-electron chi connectivity index (χ2n) is 5.12. The second-order valence-corrected chi connectivity index (χ2v) is 5.12. The van der Waals surface area contributed by atoms with Crippen LogP contribution in [0.3, 0.4) is 0 Å². The van der Waals surface area contributed by atoms with Crippen LogP contribution in [0, 0.1) is 0 Å². The molecule has 0 aromatic heterocycles. The average Bonchev–Trinajstić information content (AvgIpc) is 2.54. The lowest BCUT2D eigenvalue weighted by Gasteiger charge is -2.16. The second kappa shape index (κ2) is 7.35. The van der Waals surface area contributed by atoms with E-state index in [1.54, 1.807) is 12.1 Å². The number of amides is 1. The fourth-order valence-electron chi connectivity index (χ4n) is 2.18. The molecule has 4 nitrogen and oxygen atoms in total. The van der Waals surface area contributed by atoms with Crippen molar-refractivity contribution in [2.45, 2.75) is 18.7 Å². The molecule has 0 fully saturated rings. The van der Waals surface area contributed by atoms with Gasteiger partial charge < -0.3 is 15.2 Å². The Balaban J connectivity index is 2.17. The van der Waals surface area contributed by atoms with Crippen molar-refractivity contribution in [1.82, 2.24) is 0 Å². The molecule has 24 heavy (non-hydrogen) atoms. The molecule has 1 amide bonds. The molecule has 0 aliphatic heterocycles. The molecule has 0 aliphatic rings. The smallest absolute Gasteiger partial charge is 0.393 e. The Labute approximate surface area is 136 Å². The van der Waals surface area contributed by atoms with Crippen molar-refractivity contribution < 1.29 is 27.8 Å². The average molecular weight is 339 g/mol. The number of ether oxygens (including phenoxy) is 1. The van der Waals surface area contributed by atoms with E-state index in [1.165, 1.54) is 43.5 Å². The fraction of sp³-hybridized carbons (Fsp3) is 0.235. The van der Waals surface area contributed by atoms with Gasteiger partial charge in [0.25, 0.3) is 5.91 Å². The van der Waals surface area contributed by atoms with Crippen LogP contribution in [0.25, 0.3) is 0 Å². The number of nitrogens with one attached hydrogen (secondary N) is 1. The number of methoxy groups -OCH3 is 1. The topological polar surface area (TPSA) is 58.6 Å². The van der Waals surface area contributed by atoms with Crippen LogP contribution in [0.5, 0.6) is 5.75 Å². The molecule has 2 aromatic rings. The van der Waals surface area contributed by atoms with Crippen molar-refractivity contribution >= 4 is 11.6 Å². The zero-order chi connectivity index (χ0) is 17.7. The molecule has 0 saturated heterocycles. The van der Waals surface area contributed by atoms with Gasteiger partial charge in [-0.05, 0) is 29.3 Å². The molecule has 2 rings (SSSR count). The lowest BCUT2D eigenvalue weighted by molar-refractivity contribution is -0.127. The van der Waals surface area contributed by atoms with Gasteiger partial charge in [0.15, 0.2) is 6.10 Å². The van der Waals surface area contributed by atoms with E-state index in [1.807, 2.05) is 0 Å². The first-order valence-electron chi connectivity index (χ1n) is 7.07. The third-order valence-corrected chi connectivity index (χ3v) is 3.32. The number of alkyl halides is 3. The number of hydrogen-bond donors (Lipinski definition) is 2. The van der Waals surface area contributed by atoms with Gasteiger partial charge in [-0.3, -0.25) is 4.79 Å². The molecule has 128 valence electrons. The summed E-state index contributed by atoms with van der Waals surface area (Å²) in [5.41, 5.74) is 0.220. The summed E-state index contributed by atoms with van der Waals surface area (Å²) in [5.74, 6) is -0.366. The van der Waals surface area contributed by atoms with Gasteiger partial charge in [-0.25, -0.2) is 0 Å². The Morgan fingerprint density at radius 3 is 2.58 bits per heavy atom. The Hall–Kier alpha value is -2.54. The van der Waals surface area contributed by atoms with Gasteiger partial charge in [-0.15, -0.1) is 0 Å². The Bertz CT molecular complexity index is 716. The summed E-state index contributed by atoms with van der Waals surface area (Å²) in [7, 11) is 1.44. The van der Waals surface area contributed by atoms with Crippen LogP contribution < -0.4 is 10.1 Å². The summed E-state index contributed by atoms with van der Waals surface area (Å²) in [4.78, 5) is 12.1. The van der Waals surface area contributed by atoms with Gasteiger partial charge in [0.05, 0.1) is 13.5 Å². The molecule has 1 unspecified atom stereocenters. The Morgan fingerprint density at radius 1 is 1.21 bits per heavy atom. The number of benzene rings is 2. The summed E-state index contributed by atoms with van der Waals surface area (Å²) in [6, 6.07) is 11.8. The van der Waals surface area contributed by atoms with Gasteiger partial charge in [0.2, 0.25) is 0 Å². The molecule has 0 heterocycles. The van der Waals surface area contributed by atoms with Crippen LogP contribution in [0.2, 0.25) is 0 Å². The van der Waals surface area contributed by atoms with E-state index >= 15 is 0 Å². The first-order valence-corrected chi connectivity index (χ1v) is 7.07. The summed E-state index contributed by atoms with van der Waals surface area (Å²) >= 11 is 0. The standard InChI is InChI=1S/C17H16F3NO3/c1-24-13-7-4-6-11(9-13)15(22)16(23)21-14-8-3-2-5-12(14)10-17(18,19)20/h2-9,15,22H,10H2,1H3,(H,21,23).